The van der Waals surface area contributed by atoms with Crippen molar-refractivity contribution in [2.75, 3.05) is 0 Å². The van der Waals surface area contributed by atoms with E-state index in [0.717, 1.165) is 11.6 Å². The Kier molecular flexibility index (Phi) is 4.02. The van der Waals surface area contributed by atoms with Crippen LogP contribution in [0.2, 0.25) is 0 Å². The molecule has 0 aliphatic carbocycles. The van der Waals surface area contributed by atoms with E-state index in [2.05, 4.69) is 28.6 Å². The summed E-state index contributed by atoms with van der Waals surface area (Å²) in [7, 11) is 0. The van der Waals surface area contributed by atoms with Gasteiger partial charge in [0.15, 0.2) is 0 Å². The molecule has 0 amide bonds. The number of thiol groups is 2. The second kappa shape index (κ2) is 4.83. The first-order valence-electron chi connectivity index (χ1n) is 3.65. The summed E-state index contributed by atoms with van der Waals surface area (Å²) in [5.74, 6) is -0.935. The maximum absolute atomic E-state index is 12.9. The number of hydrogen-bond acceptors (Lipinski definition) is 3. The second-order valence-electron chi connectivity index (χ2n) is 2.63. The number of benzene rings is 1. The summed E-state index contributed by atoms with van der Waals surface area (Å²) in [6.07, 6.45) is 0. The van der Waals surface area contributed by atoms with E-state index in [9.17, 15) is 8.78 Å². The highest BCUT2D eigenvalue weighted by atomic mass is 33.1. The molecule has 0 aromatic heterocycles. The van der Waals surface area contributed by atoms with Crippen LogP contribution in [-0.2, 0) is 13.1 Å². The van der Waals surface area contributed by atoms with Crippen LogP contribution < -0.4 is 5.32 Å². The summed E-state index contributed by atoms with van der Waals surface area (Å²) in [6, 6.07) is 2.30. The minimum atomic E-state index is -0.495. The maximum atomic E-state index is 12.9. The van der Waals surface area contributed by atoms with Gasteiger partial charge in [-0.1, -0.05) is 0 Å². The van der Waals surface area contributed by atoms with Gasteiger partial charge >= 0.3 is 0 Å². The molecule has 0 fully saturated rings. The van der Waals surface area contributed by atoms with Crippen molar-refractivity contribution in [3.05, 3.63) is 34.9 Å². The van der Waals surface area contributed by atoms with Crippen molar-refractivity contribution in [1.82, 2.24) is 5.32 Å². The minimum Gasteiger partial charge on any atom is -0.308 e. The third kappa shape index (κ3) is 2.36. The van der Waals surface area contributed by atoms with Gasteiger partial charge in [0.25, 0.3) is 0 Å². The zero-order valence-electron chi connectivity index (χ0n) is 6.72. The average Bonchev–Trinajstić information content (AvgIpc) is 2.55. The number of nitrogens with one attached hydrogen (secondary N) is 1. The van der Waals surface area contributed by atoms with Crippen LogP contribution in [-0.4, -0.2) is 0 Å². The van der Waals surface area contributed by atoms with Crippen LogP contribution in [0.25, 0.3) is 0 Å². The van der Waals surface area contributed by atoms with Crippen LogP contribution >= 0.6 is 23.3 Å². The van der Waals surface area contributed by atoms with Gasteiger partial charge in [-0.25, -0.2) is 8.78 Å². The maximum Gasteiger partial charge on any atom is 0.130 e. The lowest BCUT2D eigenvalue weighted by molar-refractivity contribution is 0.573. The number of fused-ring (bicyclic) bond motifs is 1. The van der Waals surface area contributed by atoms with E-state index in [1.165, 1.54) is 6.07 Å². The summed E-state index contributed by atoms with van der Waals surface area (Å²) >= 11 is 6.44. The van der Waals surface area contributed by atoms with Crippen molar-refractivity contribution in [3.63, 3.8) is 0 Å². The lowest BCUT2D eigenvalue weighted by Gasteiger charge is -1.98. The largest absolute Gasteiger partial charge is 0.308 e. The summed E-state index contributed by atoms with van der Waals surface area (Å²) in [4.78, 5) is 0. The average molecular weight is 221 g/mol. The summed E-state index contributed by atoms with van der Waals surface area (Å²) in [6.45, 7) is 1.09. The Morgan fingerprint density at radius 2 is 1.85 bits per heavy atom. The summed E-state index contributed by atoms with van der Waals surface area (Å²) in [5, 5.41) is 2.95. The second-order valence-corrected chi connectivity index (χ2v) is 2.63. The molecule has 1 aliphatic heterocycles. The van der Waals surface area contributed by atoms with Crippen LogP contribution in [0.3, 0.4) is 0 Å². The van der Waals surface area contributed by atoms with Crippen molar-refractivity contribution in [1.29, 1.82) is 0 Å². The molecule has 0 saturated carbocycles. The zero-order valence-corrected chi connectivity index (χ0v) is 8.51. The highest BCUT2D eigenvalue weighted by Crippen LogP contribution is 2.19. The molecule has 1 aliphatic rings. The first-order valence-corrected chi connectivity index (χ1v) is 5.25. The standard InChI is InChI=1S/C8H7F2N.H2S2/c9-6-1-5-3-11-4-7(5)8(10)2-6;1-2/h1-2,11H,3-4H2;1-2H. The van der Waals surface area contributed by atoms with Crippen LogP contribution in [0.1, 0.15) is 11.1 Å². The molecule has 0 atom stereocenters. The Hall–Kier alpha value is -0.260. The van der Waals surface area contributed by atoms with E-state index in [4.69, 9.17) is 0 Å². The molecule has 0 unspecified atom stereocenters. The lowest BCUT2D eigenvalue weighted by atomic mass is 10.1. The van der Waals surface area contributed by atoms with Gasteiger partial charge in [-0.15, -0.1) is 23.3 Å². The van der Waals surface area contributed by atoms with Crippen molar-refractivity contribution >= 4 is 23.3 Å². The Bertz CT molecular complexity index is 304. The molecule has 1 aromatic rings. The Balaban J connectivity index is 0.000000396. The van der Waals surface area contributed by atoms with Gasteiger partial charge in [-0.05, 0) is 11.6 Å². The van der Waals surface area contributed by atoms with E-state index >= 15 is 0 Å². The first-order chi connectivity index (χ1) is 6.27. The number of rotatable bonds is 0. The Morgan fingerprint density at radius 1 is 1.15 bits per heavy atom. The third-order valence-electron chi connectivity index (χ3n) is 1.87. The fraction of sp³-hybridized carbons (Fsp3) is 0.250. The minimum absolute atomic E-state index is 0.440. The Morgan fingerprint density at radius 3 is 2.54 bits per heavy atom. The van der Waals surface area contributed by atoms with E-state index in [0.29, 0.717) is 18.7 Å². The quantitative estimate of drug-likeness (QED) is 0.451. The smallest absolute Gasteiger partial charge is 0.130 e. The van der Waals surface area contributed by atoms with E-state index in [1.807, 2.05) is 0 Å². The fourth-order valence-corrected chi connectivity index (χ4v) is 1.33. The molecule has 13 heavy (non-hydrogen) atoms. The molecule has 0 spiro atoms. The highest BCUT2D eigenvalue weighted by Gasteiger charge is 2.15. The van der Waals surface area contributed by atoms with E-state index in [1.54, 1.807) is 0 Å². The molecule has 0 saturated heterocycles. The van der Waals surface area contributed by atoms with Gasteiger partial charge < -0.3 is 5.32 Å². The topological polar surface area (TPSA) is 12.0 Å². The number of halogens is 2. The predicted molar refractivity (Wildman–Crippen MR) is 54.9 cm³/mol. The zero-order chi connectivity index (χ0) is 9.84. The molecule has 1 heterocycles. The normalized spacial score (nSPS) is 13.2. The molecule has 0 bridgehead atoms. The summed E-state index contributed by atoms with van der Waals surface area (Å²) < 4.78 is 25.4. The van der Waals surface area contributed by atoms with Gasteiger partial charge in [0.2, 0.25) is 0 Å². The number of hydrogen-bond donors (Lipinski definition) is 3. The van der Waals surface area contributed by atoms with Crippen LogP contribution in [0.4, 0.5) is 8.78 Å². The van der Waals surface area contributed by atoms with Gasteiger partial charge in [-0.3, -0.25) is 0 Å². The van der Waals surface area contributed by atoms with Crippen molar-refractivity contribution in [2.45, 2.75) is 13.1 Å². The van der Waals surface area contributed by atoms with Gasteiger partial charge in [0.05, 0.1) is 0 Å². The monoisotopic (exact) mass is 221 g/mol. The van der Waals surface area contributed by atoms with Crippen LogP contribution in [0.15, 0.2) is 12.1 Å². The lowest BCUT2D eigenvalue weighted by Crippen LogP contribution is -2.00. The molecule has 1 nitrogen and oxygen atoms in total. The molecule has 72 valence electrons. The fourth-order valence-electron chi connectivity index (χ4n) is 1.33. The molecule has 1 N–H and O–H groups in total. The van der Waals surface area contributed by atoms with Crippen molar-refractivity contribution in [2.24, 2.45) is 0 Å². The Labute approximate surface area is 85.8 Å². The first kappa shape index (κ1) is 10.8. The predicted octanol–water partition coefficient (Wildman–Crippen LogP) is 2.33. The van der Waals surface area contributed by atoms with Crippen LogP contribution in [0.5, 0.6) is 0 Å². The molecule has 5 heteroatoms. The molecular formula is C8H9F2NS2. The third-order valence-corrected chi connectivity index (χ3v) is 1.87. The molecule has 0 radical (unpaired) electrons. The van der Waals surface area contributed by atoms with Gasteiger partial charge in [-0.2, -0.15) is 0 Å². The molecule has 2 rings (SSSR count). The SMILES string of the molecule is Fc1cc(F)c2c(c1)CNC2.SS. The van der Waals surface area contributed by atoms with Crippen LogP contribution in [0, 0.1) is 11.6 Å². The van der Waals surface area contributed by atoms with Crippen molar-refractivity contribution in [3.8, 4) is 0 Å². The van der Waals surface area contributed by atoms with Crippen molar-refractivity contribution < 1.29 is 8.78 Å². The van der Waals surface area contributed by atoms with Gasteiger partial charge in [0, 0.05) is 24.7 Å². The van der Waals surface area contributed by atoms with E-state index in [-0.39, 0.29) is 0 Å². The molecular weight excluding hydrogens is 212 g/mol. The highest BCUT2D eigenvalue weighted by molar-refractivity contribution is 8.59. The summed E-state index contributed by atoms with van der Waals surface area (Å²) in [5.41, 5.74) is 1.34. The van der Waals surface area contributed by atoms with E-state index < -0.39 is 11.6 Å². The molecule has 1 aromatic carbocycles. The van der Waals surface area contributed by atoms with Gasteiger partial charge in [0.1, 0.15) is 11.6 Å².